The van der Waals surface area contributed by atoms with Crippen molar-refractivity contribution >= 4 is 96.9 Å². The normalized spacial score (nSPS) is 12.3. The van der Waals surface area contributed by atoms with Gasteiger partial charge < -0.3 is 4.42 Å². The SMILES string of the molecule is c1ccc2cc(-c3nc(-n4c5ccccc5c5c6sc7ccccc7c6c6ccccc6c54)c4oc5ccccc5c4n3)ccc2c1. The molecule has 218 valence electrons. The number of rotatable bonds is 2. The zero-order valence-electron chi connectivity index (χ0n) is 24.9. The molecule has 4 nitrogen and oxygen atoms in total. The molecule has 0 atom stereocenters. The predicted molar refractivity (Wildman–Crippen MR) is 197 cm³/mol. The van der Waals surface area contributed by atoms with Crippen LogP contribution in [0, 0.1) is 0 Å². The summed E-state index contributed by atoms with van der Waals surface area (Å²) in [6.45, 7) is 0. The van der Waals surface area contributed by atoms with Crippen molar-refractivity contribution in [2.75, 3.05) is 0 Å². The second-order valence-electron chi connectivity index (χ2n) is 12.1. The standard InChI is InChI=1S/C42H23N3OS/c1-2-12-25-23-26(22-21-24(25)11-1)41-43-37-30-16-6-9-19-33(30)46-39(37)42(44-41)45-32-18-8-5-15-29(32)36-38(45)28-14-4-3-13-27(28)35-31-17-7-10-20-34(31)47-40(35)36/h1-23H. The molecule has 0 fully saturated rings. The maximum absolute atomic E-state index is 6.67. The van der Waals surface area contributed by atoms with Crippen LogP contribution in [0.1, 0.15) is 0 Å². The zero-order valence-corrected chi connectivity index (χ0v) is 25.8. The quantitative estimate of drug-likeness (QED) is 0.194. The number of thiophene rings is 1. The van der Waals surface area contributed by atoms with E-state index in [1.807, 2.05) is 29.5 Å². The van der Waals surface area contributed by atoms with Crippen molar-refractivity contribution < 1.29 is 4.42 Å². The van der Waals surface area contributed by atoms with Gasteiger partial charge in [0.15, 0.2) is 17.2 Å². The van der Waals surface area contributed by atoms with E-state index in [0.29, 0.717) is 11.4 Å². The summed E-state index contributed by atoms with van der Waals surface area (Å²) in [6, 6.07) is 49.3. The molecule has 0 amide bonds. The van der Waals surface area contributed by atoms with Gasteiger partial charge in [0.05, 0.1) is 11.0 Å². The molecule has 0 spiro atoms. The molecule has 0 aliphatic carbocycles. The molecule has 0 N–H and O–H groups in total. The molecular formula is C42H23N3OS. The Morgan fingerprint density at radius 3 is 2.15 bits per heavy atom. The van der Waals surface area contributed by atoms with E-state index in [-0.39, 0.29) is 0 Å². The molecule has 5 heteroatoms. The highest BCUT2D eigenvalue weighted by atomic mass is 32.1. The molecule has 11 aromatic rings. The van der Waals surface area contributed by atoms with E-state index in [9.17, 15) is 0 Å². The molecule has 11 rings (SSSR count). The predicted octanol–water partition coefficient (Wildman–Crippen LogP) is 11.8. The van der Waals surface area contributed by atoms with E-state index in [1.54, 1.807) is 0 Å². The summed E-state index contributed by atoms with van der Waals surface area (Å²) in [5.41, 5.74) is 5.47. The van der Waals surface area contributed by atoms with E-state index in [1.165, 1.54) is 47.1 Å². The van der Waals surface area contributed by atoms with Gasteiger partial charge in [-0.25, -0.2) is 9.97 Å². The number of benzene rings is 7. The molecule has 4 aromatic heterocycles. The van der Waals surface area contributed by atoms with Crippen molar-refractivity contribution in [1.29, 1.82) is 0 Å². The van der Waals surface area contributed by atoms with E-state index in [4.69, 9.17) is 14.4 Å². The van der Waals surface area contributed by atoms with Crippen LogP contribution < -0.4 is 0 Å². The Balaban J connectivity index is 1.36. The van der Waals surface area contributed by atoms with Crippen LogP contribution in [0.2, 0.25) is 0 Å². The first-order valence-electron chi connectivity index (χ1n) is 15.8. The van der Waals surface area contributed by atoms with Crippen LogP contribution in [0.15, 0.2) is 144 Å². The number of para-hydroxylation sites is 2. The summed E-state index contributed by atoms with van der Waals surface area (Å²) in [4.78, 5) is 10.6. The van der Waals surface area contributed by atoms with Crippen LogP contribution in [-0.4, -0.2) is 14.5 Å². The second kappa shape index (κ2) is 9.25. The Bertz CT molecular complexity index is 3090. The first-order valence-corrected chi connectivity index (χ1v) is 16.6. The minimum Gasteiger partial charge on any atom is -0.450 e. The van der Waals surface area contributed by atoms with Crippen molar-refractivity contribution in [3.05, 3.63) is 140 Å². The first-order chi connectivity index (χ1) is 23.3. The zero-order chi connectivity index (χ0) is 30.6. The second-order valence-corrected chi connectivity index (χ2v) is 13.2. The smallest absolute Gasteiger partial charge is 0.197 e. The van der Waals surface area contributed by atoms with Gasteiger partial charge in [-0.05, 0) is 46.5 Å². The minimum atomic E-state index is 0.669. The van der Waals surface area contributed by atoms with Gasteiger partial charge in [-0.3, -0.25) is 4.57 Å². The lowest BCUT2D eigenvalue weighted by atomic mass is 10.00. The van der Waals surface area contributed by atoms with E-state index in [0.717, 1.165) is 44.3 Å². The third-order valence-corrected chi connectivity index (χ3v) is 10.8. The molecule has 4 heterocycles. The highest BCUT2D eigenvalue weighted by molar-refractivity contribution is 7.27. The molecule has 0 saturated heterocycles. The Morgan fingerprint density at radius 1 is 0.553 bits per heavy atom. The summed E-state index contributed by atoms with van der Waals surface area (Å²) in [6.07, 6.45) is 0. The van der Waals surface area contributed by atoms with Gasteiger partial charge in [-0.2, -0.15) is 0 Å². The van der Waals surface area contributed by atoms with E-state index < -0.39 is 0 Å². The Labute approximate surface area is 271 Å². The van der Waals surface area contributed by atoms with Crippen molar-refractivity contribution in [3.8, 4) is 17.2 Å². The summed E-state index contributed by atoms with van der Waals surface area (Å²) in [5, 5.41) is 10.8. The van der Waals surface area contributed by atoms with Gasteiger partial charge in [0.25, 0.3) is 0 Å². The first kappa shape index (κ1) is 25.2. The van der Waals surface area contributed by atoms with Crippen LogP contribution in [0.3, 0.4) is 0 Å². The Morgan fingerprint density at radius 2 is 1.26 bits per heavy atom. The van der Waals surface area contributed by atoms with E-state index >= 15 is 0 Å². The van der Waals surface area contributed by atoms with Crippen LogP contribution in [-0.2, 0) is 0 Å². The lowest BCUT2D eigenvalue weighted by molar-refractivity contribution is 0.662. The molecule has 0 aliphatic rings. The molecule has 0 aliphatic heterocycles. The average Bonchev–Trinajstić information content (AvgIpc) is 3.81. The summed E-state index contributed by atoms with van der Waals surface area (Å²) in [5.74, 6) is 1.41. The third-order valence-electron chi connectivity index (χ3n) is 9.57. The summed E-state index contributed by atoms with van der Waals surface area (Å²) < 4.78 is 11.6. The topological polar surface area (TPSA) is 43.9 Å². The van der Waals surface area contributed by atoms with Gasteiger partial charge in [0.1, 0.15) is 11.1 Å². The molecule has 7 aromatic carbocycles. The average molecular weight is 618 g/mol. The number of hydrogen-bond acceptors (Lipinski definition) is 4. The number of furan rings is 1. The van der Waals surface area contributed by atoms with Crippen LogP contribution in [0.4, 0.5) is 0 Å². The molecular weight excluding hydrogens is 595 g/mol. The van der Waals surface area contributed by atoms with Gasteiger partial charge in [-0.1, -0.05) is 109 Å². The van der Waals surface area contributed by atoms with E-state index in [2.05, 4.69) is 126 Å². The van der Waals surface area contributed by atoms with Gasteiger partial charge in [-0.15, -0.1) is 11.3 Å². The maximum atomic E-state index is 6.67. The van der Waals surface area contributed by atoms with Crippen molar-refractivity contribution in [3.63, 3.8) is 0 Å². The van der Waals surface area contributed by atoms with Crippen molar-refractivity contribution in [2.45, 2.75) is 0 Å². The molecule has 0 saturated carbocycles. The molecule has 0 radical (unpaired) electrons. The van der Waals surface area contributed by atoms with Crippen LogP contribution in [0.25, 0.3) is 103 Å². The fourth-order valence-electron chi connectivity index (χ4n) is 7.53. The highest BCUT2D eigenvalue weighted by Gasteiger charge is 2.25. The lowest BCUT2D eigenvalue weighted by Crippen LogP contribution is -2.02. The fraction of sp³-hybridized carbons (Fsp3) is 0. The maximum Gasteiger partial charge on any atom is 0.197 e. The lowest BCUT2D eigenvalue weighted by Gasteiger charge is -2.12. The van der Waals surface area contributed by atoms with Crippen LogP contribution in [0.5, 0.6) is 0 Å². The summed E-state index contributed by atoms with van der Waals surface area (Å²) >= 11 is 1.87. The fourth-order valence-corrected chi connectivity index (χ4v) is 8.80. The third kappa shape index (κ3) is 3.41. The number of hydrogen-bond donors (Lipinski definition) is 0. The summed E-state index contributed by atoms with van der Waals surface area (Å²) in [7, 11) is 0. The van der Waals surface area contributed by atoms with Gasteiger partial charge in [0, 0.05) is 47.3 Å². The molecule has 47 heavy (non-hydrogen) atoms. The number of fused-ring (bicyclic) bond motifs is 14. The van der Waals surface area contributed by atoms with Gasteiger partial charge in [0.2, 0.25) is 0 Å². The van der Waals surface area contributed by atoms with Crippen LogP contribution >= 0.6 is 11.3 Å². The van der Waals surface area contributed by atoms with Crippen molar-refractivity contribution in [1.82, 2.24) is 14.5 Å². The monoisotopic (exact) mass is 617 g/mol. The minimum absolute atomic E-state index is 0.669. The number of aromatic nitrogens is 3. The largest absolute Gasteiger partial charge is 0.450 e. The number of nitrogens with zero attached hydrogens (tertiary/aromatic N) is 3. The molecule has 0 bridgehead atoms. The highest BCUT2D eigenvalue weighted by Crippen LogP contribution is 2.48. The Kier molecular flexibility index (Phi) is 4.96. The van der Waals surface area contributed by atoms with Crippen molar-refractivity contribution in [2.24, 2.45) is 0 Å². The van der Waals surface area contributed by atoms with Gasteiger partial charge >= 0.3 is 0 Å². The molecule has 0 unspecified atom stereocenters. The Hall–Kier alpha value is -6.04.